The molecule has 0 aliphatic rings. The Morgan fingerprint density at radius 2 is 1.84 bits per heavy atom. The second-order valence-electron chi connectivity index (χ2n) is 5.00. The lowest BCUT2D eigenvalue weighted by Gasteiger charge is -2.20. The molecule has 0 aliphatic carbocycles. The summed E-state index contributed by atoms with van der Waals surface area (Å²) in [5, 5.41) is 4.49. The highest BCUT2D eigenvalue weighted by Crippen LogP contribution is 2.31. The average molecular weight is 283 g/mol. The molecule has 4 nitrogen and oxygen atoms in total. The topological polar surface area (TPSA) is 35.6 Å². The molecule has 0 fully saturated rings. The molecular weight excluding hydrogens is 260 g/mol. The van der Waals surface area contributed by atoms with E-state index in [2.05, 4.69) is 30.4 Å². The zero-order chi connectivity index (χ0) is 14.2. The standard InChI is InChI=1S/C14H23ClN4/c1-6-11(7-2)19-13(9(4)15)16-12-10(5)17-18(8-3)14(12)19/h9,11H,6-8H2,1-5H3. The van der Waals surface area contributed by atoms with Crippen LogP contribution in [0.25, 0.3) is 11.2 Å². The minimum absolute atomic E-state index is 0.0855. The van der Waals surface area contributed by atoms with Gasteiger partial charge < -0.3 is 4.57 Å². The van der Waals surface area contributed by atoms with E-state index in [0.717, 1.165) is 42.1 Å². The number of aryl methyl sites for hydroxylation is 2. The molecule has 2 heterocycles. The van der Waals surface area contributed by atoms with Gasteiger partial charge in [0.15, 0.2) is 5.65 Å². The van der Waals surface area contributed by atoms with E-state index in [1.165, 1.54) is 0 Å². The number of nitrogens with zero attached hydrogens (tertiary/aromatic N) is 4. The smallest absolute Gasteiger partial charge is 0.159 e. The lowest BCUT2D eigenvalue weighted by atomic mass is 10.1. The van der Waals surface area contributed by atoms with E-state index in [4.69, 9.17) is 16.6 Å². The second kappa shape index (κ2) is 5.53. The second-order valence-corrected chi connectivity index (χ2v) is 5.65. The number of rotatable bonds is 5. The molecule has 0 saturated carbocycles. The molecule has 0 radical (unpaired) electrons. The lowest BCUT2D eigenvalue weighted by molar-refractivity contribution is 0.455. The van der Waals surface area contributed by atoms with Crippen LogP contribution in [0.3, 0.4) is 0 Å². The Bertz CT molecular complexity index is 564. The van der Waals surface area contributed by atoms with Crippen LogP contribution in [-0.4, -0.2) is 19.3 Å². The Morgan fingerprint density at radius 3 is 2.32 bits per heavy atom. The van der Waals surface area contributed by atoms with Crippen molar-refractivity contribution >= 4 is 22.8 Å². The van der Waals surface area contributed by atoms with E-state index in [1.54, 1.807) is 0 Å². The van der Waals surface area contributed by atoms with Gasteiger partial charge in [-0.15, -0.1) is 11.6 Å². The summed E-state index contributed by atoms with van der Waals surface area (Å²) in [4.78, 5) is 4.74. The fourth-order valence-electron chi connectivity index (χ4n) is 2.72. The molecule has 2 rings (SSSR count). The van der Waals surface area contributed by atoms with Crippen molar-refractivity contribution in [3.63, 3.8) is 0 Å². The summed E-state index contributed by atoms with van der Waals surface area (Å²) in [5.74, 6) is 0.966. The Labute approximate surface area is 119 Å². The fraction of sp³-hybridized carbons (Fsp3) is 0.714. The third kappa shape index (κ3) is 2.27. The van der Waals surface area contributed by atoms with Crippen molar-refractivity contribution in [2.75, 3.05) is 0 Å². The van der Waals surface area contributed by atoms with Crippen LogP contribution >= 0.6 is 11.6 Å². The third-order valence-electron chi connectivity index (χ3n) is 3.73. The minimum atomic E-state index is -0.0855. The van der Waals surface area contributed by atoms with E-state index >= 15 is 0 Å². The molecule has 0 saturated heterocycles. The molecule has 1 atom stereocenters. The van der Waals surface area contributed by atoms with Gasteiger partial charge in [0.25, 0.3) is 0 Å². The highest BCUT2D eigenvalue weighted by molar-refractivity contribution is 6.20. The average Bonchev–Trinajstić information content (AvgIpc) is 2.90. The van der Waals surface area contributed by atoms with Gasteiger partial charge in [-0.1, -0.05) is 13.8 Å². The number of aromatic nitrogens is 4. The summed E-state index contributed by atoms with van der Waals surface area (Å²) in [5.41, 5.74) is 3.10. The predicted octanol–water partition coefficient (Wildman–Crippen LogP) is 4.22. The van der Waals surface area contributed by atoms with Crippen LogP contribution in [0.15, 0.2) is 0 Å². The maximum atomic E-state index is 6.33. The highest BCUT2D eigenvalue weighted by Gasteiger charge is 2.24. The Morgan fingerprint density at radius 1 is 1.21 bits per heavy atom. The summed E-state index contributed by atoms with van der Waals surface area (Å²) >= 11 is 6.33. The van der Waals surface area contributed by atoms with Gasteiger partial charge in [0.05, 0.1) is 11.1 Å². The van der Waals surface area contributed by atoms with Crippen LogP contribution in [0, 0.1) is 6.92 Å². The molecule has 106 valence electrons. The molecule has 0 aliphatic heterocycles. The van der Waals surface area contributed by atoms with Crippen LogP contribution < -0.4 is 0 Å². The van der Waals surface area contributed by atoms with Crippen molar-refractivity contribution in [2.45, 2.75) is 65.4 Å². The molecule has 2 aromatic rings. The van der Waals surface area contributed by atoms with Crippen molar-refractivity contribution in [2.24, 2.45) is 0 Å². The molecule has 1 unspecified atom stereocenters. The van der Waals surface area contributed by atoms with E-state index in [9.17, 15) is 0 Å². The summed E-state index contributed by atoms with van der Waals surface area (Å²) in [6.45, 7) is 11.4. The number of fused-ring (bicyclic) bond motifs is 1. The number of hydrogen-bond donors (Lipinski definition) is 0. The van der Waals surface area contributed by atoms with Crippen LogP contribution in [0.1, 0.15) is 63.5 Å². The maximum Gasteiger partial charge on any atom is 0.159 e. The highest BCUT2D eigenvalue weighted by atomic mass is 35.5. The number of hydrogen-bond acceptors (Lipinski definition) is 2. The third-order valence-corrected chi connectivity index (χ3v) is 3.93. The molecule has 0 bridgehead atoms. The first-order valence-electron chi connectivity index (χ1n) is 7.14. The Balaban J connectivity index is 2.77. The van der Waals surface area contributed by atoms with Crippen molar-refractivity contribution < 1.29 is 0 Å². The molecule has 0 amide bonds. The largest absolute Gasteiger partial charge is 0.309 e. The van der Waals surface area contributed by atoms with E-state index < -0.39 is 0 Å². The van der Waals surface area contributed by atoms with Crippen LogP contribution in [0.5, 0.6) is 0 Å². The maximum absolute atomic E-state index is 6.33. The van der Waals surface area contributed by atoms with Crippen LogP contribution in [-0.2, 0) is 6.54 Å². The quantitative estimate of drug-likeness (QED) is 0.770. The first-order chi connectivity index (χ1) is 9.04. The zero-order valence-corrected chi connectivity index (χ0v) is 13.2. The number of imidazole rings is 1. The molecule has 5 heteroatoms. The van der Waals surface area contributed by atoms with Crippen molar-refractivity contribution in [1.29, 1.82) is 0 Å². The van der Waals surface area contributed by atoms with E-state index in [0.29, 0.717) is 6.04 Å². The molecule has 19 heavy (non-hydrogen) atoms. The van der Waals surface area contributed by atoms with Gasteiger partial charge >= 0.3 is 0 Å². The van der Waals surface area contributed by atoms with Gasteiger partial charge in [-0.25, -0.2) is 9.67 Å². The van der Waals surface area contributed by atoms with Gasteiger partial charge in [0, 0.05) is 12.6 Å². The Kier molecular flexibility index (Phi) is 4.19. The van der Waals surface area contributed by atoms with Gasteiger partial charge in [0.2, 0.25) is 0 Å². The lowest BCUT2D eigenvalue weighted by Crippen LogP contribution is -2.14. The normalized spacial score (nSPS) is 13.6. The minimum Gasteiger partial charge on any atom is -0.309 e. The SMILES string of the molecule is CCC(CC)n1c(C(C)Cl)nc2c(C)nn(CC)c21. The molecule has 0 aromatic carbocycles. The van der Waals surface area contributed by atoms with Crippen LogP contribution in [0.4, 0.5) is 0 Å². The van der Waals surface area contributed by atoms with Crippen LogP contribution in [0.2, 0.25) is 0 Å². The number of alkyl halides is 1. The van der Waals surface area contributed by atoms with Crippen molar-refractivity contribution in [1.82, 2.24) is 19.3 Å². The summed E-state index contributed by atoms with van der Waals surface area (Å²) in [7, 11) is 0. The van der Waals surface area contributed by atoms with Gasteiger partial charge in [-0.2, -0.15) is 5.10 Å². The molecule has 0 N–H and O–H groups in total. The first kappa shape index (κ1) is 14.4. The molecule has 0 spiro atoms. The summed E-state index contributed by atoms with van der Waals surface area (Å²) in [6.07, 6.45) is 2.15. The monoisotopic (exact) mass is 282 g/mol. The summed E-state index contributed by atoms with van der Waals surface area (Å²) < 4.78 is 4.34. The van der Waals surface area contributed by atoms with Crippen molar-refractivity contribution in [3.8, 4) is 0 Å². The fourth-order valence-corrected chi connectivity index (χ4v) is 2.87. The zero-order valence-electron chi connectivity index (χ0n) is 12.4. The molecular formula is C14H23ClN4. The predicted molar refractivity (Wildman–Crippen MR) is 79.8 cm³/mol. The number of halogens is 1. The van der Waals surface area contributed by atoms with Crippen molar-refractivity contribution in [3.05, 3.63) is 11.5 Å². The van der Waals surface area contributed by atoms with Gasteiger partial charge in [-0.3, -0.25) is 0 Å². The molecule has 2 aromatic heterocycles. The Hall–Kier alpha value is -1.03. The van der Waals surface area contributed by atoms with E-state index in [1.807, 2.05) is 18.5 Å². The van der Waals surface area contributed by atoms with E-state index in [-0.39, 0.29) is 5.38 Å². The van der Waals surface area contributed by atoms with Gasteiger partial charge in [0.1, 0.15) is 11.3 Å². The first-order valence-corrected chi connectivity index (χ1v) is 7.57. The van der Waals surface area contributed by atoms with Gasteiger partial charge in [-0.05, 0) is 33.6 Å². The summed E-state index contributed by atoms with van der Waals surface area (Å²) in [6, 6.07) is 0.433.